The van der Waals surface area contributed by atoms with Crippen LogP contribution in [-0.4, -0.2) is 74.0 Å². The second-order valence-corrected chi connectivity index (χ2v) is 10.0. The third-order valence-electron chi connectivity index (χ3n) is 7.39. The van der Waals surface area contributed by atoms with Gasteiger partial charge >= 0.3 is 0 Å². The van der Waals surface area contributed by atoms with Crippen LogP contribution in [0.4, 0.5) is 11.4 Å². The molecule has 3 fully saturated rings. The van der Waals surface area contributed by atoms with Gasteiger partial charge in [0.05, 0.1) is 0 Å². The summed E-state index contributed by atoms with van der Waals surface area (Å²) >= 11 is 0. The van der Waals surface area contributed by atoms with E-state index < -0.39 is 0 Å². The van der Waals surface area contributed by atoms with Gasteiger partial charge in [-0.05, 0) is 61.9 Å². The standard InChI is InChI=1S/C28H36N4O3/c33-27(21-35-26-7-2-1-3-8-26)32-13-11-23(12-14-32)28(34)29-24-5-4-6-25(19-24)31-17-15-30(16-18-31)20-22-9-10-22/h1-8,19,22-23H,9-18,20-21H2,(H,29,34). The number of ether oxygens (including phenoxy) is 1. The van der Waals surface area contributed by atoms with Gasteiger partial charge < -0.3 is 19.9 Å². The summed E-state index contributed by atoms with van der Waals surface area (Å²) < 4.78 is 5.58. The van der Waals surface area contributed by atoms with E-state index >= 15 is 0 Å². The Kier molecular flexibility index (Phi) is 7.52. The molecule has 35 heavy (non-hydrogen) atoms. The number of anilines is 2. The number of rotatable bonds is 8. The van der Waals surface area contributed by atoms with Gasteiger partial charge in [0.25, 0.3) is 5.91 Å². The zero-order valence-corrected chi connectivity index (χ0v) is 20.4. The van der Waals surface area contributed by atoms with Crippen LogP contribution in [0.15, 0.2) is 54.6 Å². The number of nitrogens with zero attached hydrogens (tertiary/aromatic N) is 3. The Hall–Kier alpha value is -3.06. The molecule has 7 nitrogen and oxygen atoms in total. The number of carbonyl (C=O) groups excluding carboxylic acids is 2. The van der Waals surface area contributed by atoms with E-state index in [1.165, 1.54) is 25.1 Å². The van der Waals surface area contributed by atoms with Crippen molar-refractivity contribution in [3.05, 3.63) is 54.6 Å². The molecule has 2 amide bonds. The molecule has 0 radical (unpaired) electrons. The first-order valence-corrected chi connectivity index (χ1v) is 13.0. The summed E-state index contributed by atoms with van der Waals surface area (Å²) in [4.78, 5) is 32.2. The number of benzene rings is 2. The minimum absolute atomic E-state index is 0.0300. The topological polar surface area (TPSA) is 65.1 Å². The van der Waals surface area contributed by atoms with Crippen molar-refractivity contribution in [3.8, 4) is 5.75 Å². The van der Waals surface area contributed by atoms with Gasteiger partial charge in [-0.15, -0.1) is 0 Å². The molecule has 0 aromatic heterocycles. The Morgan fingerprint density at radius 1 is 0.857 bits per heavy atom. The first-order chi connectivity index (χ1) is 17.1. The van der Waals surface area contributed by atoms with Gasteiger partial charge in [0.1, 0.15) is 5.75 Å². The zero-order valence-electron chi connectivity index (χ0n) is 20.4. The number of carbonyl (C=O) groups is 2. The molecule has 2 aromatic carbocycles. The van der Waals surface area contributed by atoms with Crippen LogP contribution in [0.2, 0.25) is 0 Å². The van der Waals surface area contributed by atoms with Crippen LogP contribution in [0.25, 0.3) is 0 Å². The Bertz CT molecular complexity index is 994. The lowest BCUT2D eigenvalue weighted by Crippen LogP contribution is -2.47. The number of amides is 2. The summed E-state index contributed by atoms with van der Waals surface area (Å²) in [7, 11) is 0. The highest BCUT2D eigenvalue weighted by molar-refractivity contribution is 5.93. The molecule has 2 aromatic rings. The van der Waals surface area contributed by atoms with Gasteiger partial charge in [-0.1, -0.05) is 24.3 Å². The van der Waals surface area contributed by atoms with Gasteiger partial charge in [-0.25, -0.2) is 0 Å². The average Bonchev–Trinajstić information content (AvgIpc) is 3.72. The lowest BCUT2D eigenvalue weighted by molar-refractivity contribution is -0.136. The first-order valence-electron chi connectivity index (χ1n) is 13.0. The Morgan fingerprint density at radius 3 is 2.31 bits per heavy atom. The van der Waals surface area contributed by atoms with E-state index in [2.05, 4.69) is 27.2 Å². The Labute approximate surface area is 208 Å². The monoisotopic (exact) mass is 476 g/mol. The SMILES string of the molecule is O=C(Nc1cccc(N2CCN(CC3CC3)CC2)c1)C1CCN(C(=O)COc2ccccc2)CC1. The highest BCUT2D eigenvalue weighted by Crippen LogP contribution is 2.30. The maximum absolute atomic E-state index is 12.9. The molecular weight excluding hydrogens is 440 g/mol. The van der Waals surface area contributed by atoms with Gasteiger partial charge in [0.2, 0.25) is 5.91 Å². The van der Waals surface area contributed by atoms with Crippen LogP contribution >= 0.6 is 0 Å². The van der Waals surface area contributed by atoms with E-state index in [9.17, 15) is 9.59 Å². The van der Waals surface area contributed by atoms with Crippen molar-refractivity contribution in [2.75, 3.05) is 62.6 Å². The highest BCUT2D eigenvalue weighted by Gasteiger charge is 2.28. The molecule has 2 aliphatic heterocycles. The summed E-state index contributed by atoms with van der Waals surface area (Å²) in [5, 5.41) is 3.12. The van der Waals surface area contributed by atoms with E-state index in [0.717, 1.165) is 37.8 Å². The van der Waals surface area contributed by atoms with Crippen LogP contribution in [0, 0.1) is 11.8 Å². The number of para-hydroxylation sites is 1. The molecule has 2 saturated heterocycles. The maximum Gasteiger partial charge on any atom is 0.260 e. The lowest BCUT2D eigenvalue weighted by Gasteiger charge is -2.36. The molecule has 1 saturated carbocycles. The van der Waals surface area contributed by atoms with E-state index in [0.29, 0.717) is 31.7 Å². The van der Waals surface area contributed by atoms with E-state index in [-0.39, 0.29) is 24.3 Å². The Morgan fingerprint density at radius 2 is 1.60 bits per heavy atom. The summed E-state index contributed by atoms with van der Waals surface area (Å²) in [6, 6.07) is 17.6. The molecule has 186 valence electrons. The molecular formula is C28H36N4O3. The highest BCUT2D eigenvalue weighted by atomic mass is 16.5. The fourth-order valence-corrected chi connectivity index (χ4v) is 5.02. The summed E-state index contributed by atoms with van der Waals surface area (Å²) in [5.74, 6) is 1.57. The molecule has 3 aliphatic rings. The van der Waals surface area contributed by atoms with Crippen molar-refractivity contribution >= 4 is 23.2 Å². The maximum atomic E-state index is 12.9. The molecule has 0 spiro atoms. The van der Waals surface area contributed by atoms with Crippen molar-refractivity contribution in [1.29, 1.82) is 0 Å². The quantitative estimate of drug-likeness (QED) is 0.632. The number of likely N-dealkylation sites (tertiary alicyclic amines) is 1. The van der Waals surface area contributed by atoms with Gasteiger partial charge in [-0.3, -0.25) is 14.5 Å². The second kappa shape index (κ2) is 11.1. The van der Waals surface area contributed by atoms with E-state index in [1.54, 1.807) is 4.90 Å². The van der Waals surface area contributed by atoms with E-state index in [1.807, 2.05) is 42.5 Å². The molecule has 0 atom stereocenters. The smallest absolute Gasteiger partial charge is 0.260 e. The number of nitrogens with one attached hydrogen (secondary N) is 1. The van der Waals surface area contributed by atoms with Gasteiger partial charge in [0.15, 0.2) is 6.61 Å². The predicted octanol–water partition coefficient (Wildman–Crippen LogP) is 3.47. The molecule has 0 bridgehead atoms. The fraction of sp³-hybridized carbons (Fsp3) is 0.500. The van der Waals surface area contributed by atoms with Crippen LogP contribution in [0.1, 0.15) is 25.7 Å². The van der Waals surface area contributed by atoms with Crippen molar-refractivity contribution in [2.45, 2.75) is 25.7 Å². The largest absolute Gasteiger partial charge is 0.484 e. The first kappa shape index (κ1) is 23.7. The van der Waals surface area contributed by atoms with Gasteiger partial charge in [-0.2, -0.15) is 0 Å². The van der Waals surface area contributed by atoms with Crippen molar-refractivity contribution in [3.63, 3.8) is 0 Å². The molecule has 5 rings (SSSR count). The predicted molar refractivity (Wildman–Crippen MR) is 138 cm³/mol. The lowest BCUT2D eigenvalue weighted by atomic mass is 9.95. The Balaban J connectivity index is 1.06. The average molecular weight is 477 g/mol. The van der Waals surface area contributed by atoms with Crippen molar-refractivity contribution < 1.29 is 14.3 Å². The number of piperidine rings is 1. The minimum atomic E-state index is -0.0799. The number of hydrogen-bond donors (Lipinski definition) is 1. The van der Waals surface area contributed by atoms with Crippen LogP contribution in [0.3, 0.4) is 0 Å². The zero-order chi connectivity index (χ0) is 24.0. The molecule has 2 heterocycles. The molecule has 1 aliphatic carbocycles. The van der Waals surface area contributed by atoms with Crippen molar-refractivity contribution in [2.24, 2.45) is 11.8 Å². The normalized spacial score (nSPS) is 19.4. The van der Waals surface area contributed by atoms with E-state index in [4.69, 9.17) is 4.74 Å². The van der Waals surface area contributed by atoms with Crippen LogP contribution in [0.5, 0.6) is 5.75 Å². The third kappa shape index (κ3) is 6.54. The fourth-order valence-electron chi connectivity index (χ4n) is 5.02. The summed E-state index contributed by atoms with van der Waals surface area (Å²) in [6.07, 6.45) is 4.15. The second-order valence-electron chi connectivity index (χ2n) is 10.0. The molecule has 7 heteroatoms. The molecule has 1 N–H and O–H groups in total. The van der Waals surface area contributed by atoms with Gasteiger partial charge in [0, 0.05) is 63.1 Å². The summed E-state index contributed by atoms with van der Waals surface area (Å²) in [5.41, 5.74) is 2.02. The number of hydrogen-bond acceptors (Lipinski definition) is 5. The summed E-state index contributed by atoms with van der Waals surface area (Å²) in [6.45, 7) is 6.74. The minimum Gasteiger partial charge on any atom is -0.484 e. The van der Waals surface area contributed by atoms with Crippen LogP contribution in [-0.2, 0) is 9.59 Å². The van der Waals surface area contributed by atoms with Crippen molar-refractivity contribution in [1.82, 2.24) is 9.80 Å². The van der Waals surface area contributed by atoms with Crippen LogP contribution < -0.4 is 15.0 Å². The third-order valence-corrected chi connectivity index (χ3v) is 7.39. The molecule has 0 unspecified atom stereocenters. The number of piperazine rings is 1.